The molecule has 106 valence electrons. The molecule has 0 bridgehead atoms. The maximum Gasteiger partial charge on any atom is 0.339 e. The van der Waals surface area contributed by atoms with E-state index >= 15 is 0 Å². The van der Waals surface area contributed by atoms with Crippen LogP contribution in [-0.4, -0.2) is 27.4 Å². The van der Waals surface area contributed by atoms with Gasteiger partial charge in [0.15, 0.2) is 0 Å². The smallest absolute Gasteiger partial charge is 0.339 e. The van der Waals surface area contributed by atoms with Crippen molar-refractivity contribution in [3.63, 3.8) is 0 Å². The number of nitrogens with zero attached hydrogens (tertiary/aromatic N) is 1. The summed E-state index contributed by atoms with van der Waals surface area (Å²) in [6, 6.07) is 3.81. The van der Waals surface area contributed by atoms with E-state index in [1.807, 2.05) is 39.8 Å². The molecular formula is C15H18N2O3. The summed E-state index contributed by atoms with van der Waals surface area (Å²) in [5.41, 5.74) is 3.42. The number of ether oxygens (including phenoxy) is 1. The van der Waals surface area contributed by atoms with Gasteiger partial charge < -0.3 is 9.84 Å². The van der Waals surface area contributed by atoms with Crippen LogP contribution in [0.5, 0.6) is 5.75 Å². The zero-order valence-corrected chi connectivity index (χ0v) is 12.0. The lowest BCUT2D eigenvalue weighted by Crippen LogP contribution is -2.08. The molecule has 5 heteroatoms. The van der Waals surface area contributed by atoms with E-state index in [1.165, 1.54) is 6.20 Å². The SMILES string of the molecule is Cc1cc(-c2[nH]ncc2C(=O)O)cc(C)c1OC(C)C. The van der Waals surface area contributed by atoms with Gasteiger partial charge in [-0.3, -0.25) is 5.10 Å². The maximum atomic E-state index is 11.2. The standard InChI is InChI=1S/C15H18N2O3/c1-8(2)20-14-9(3)5-11(6-10(14)4)13-12(15(18)19)7-16-17-13/h5-8H,1-4H3,(H,16,17)(H,18,19). The number of carbonyl (C=O) groups is 1. The molecule has 20 heavy (non-hydrogen) atoms. The number of benzene rings is 1. The molecule has 0 aliphatic heterocycles. The fraction of sp³-hybridized carbons (Fsp3) is 0.333. The van der Waals surface area contributed by atoms with Crippen molar-refractivity contribution >= 4 is 5.97 Å². The summed E-state index contributed by atoms with van der Waals surface area (Å²) in [6.45, 7) is 7.85. The Labute approximate surface area is 117 Å². The minimum atomic E-state index is -0.994. The molecule has 0 radical (unpaired) electrons. The quantitative estimate of drug-likeness (QED) is 0.897. The van der Waals surface area contributed by atoms with Gasteiger partial charge in [0, 0.05) is 5.56 Å². The van der Waals surface area contributed by atoms with E-state index in [4.69, 9.17) is 9.84 Å². The highest BCUT2D eigenvalue weighted by atomic mass is 16.5. The molecule has 1 aromatic carbocycles. The Morgan fingerprint density at radius 1 is 1.30 bits per heavy atom. The molecule has 5 nitrogen and oxygen atoms in total. The Morgan fingerprint density at radius 2 is 1.90 bits per heavy atom. The minimum Gasteiger partial charge on any atom is -0.490 e. The number of carboxylic acids is 1. The molecule has 0 fully saturated rings. The molecule has 2 N–H and O–H groups in total. The van der Waals surface area contributed by atoms with Crippen molar-refractivity contribution in [2.75, 3.05) is 0 Å². The number of hydrogen-bond acceptors (Lipinski definition) is 3. The highest BCUT2D eigenvalue weighted by Gasteiger charge is 2.16. The van der Waals surface area contributed by atoms with Crippen LogP contribution in [0, 0.1) is 13.8 Å². The van der Waals surface area contributed by atoms with Gasteiger partial charge in [-0.05, 0) is 51.0 Å². The van der Waals surface area contributed by atoms with Crippen LogP contribution in [0.25, 0.3) is 11.3 Å². The van der Waals surface area contributed by atoms with Crippen molar-refractivity contribution in [2.24, 2.45) is 0 Å². The molecule has 2 aromatic rings. The first-order valence-electron chi connectivity index (χ1n) is 6.45. The number of aromatic nitrogens is 2. The molecule has 0 saturated heterocycles. The third-order valence-electron chi connectivity index (χ3n) is 2.97. The Kier molecular flexibility index (Phi) is 3.79. The average molecular weight is 274 g/mol. The van der Waals surface area contributed by atoms with Crippen LogP contribution < -0.4 is 4.74 Å². The Balaban J connectivity index is 2.49. The number of nitrogens with one attached hydrogen (secondary N) is 1. The van der Waals surface area contributed by atoms with Crippen LogP contribution in [-0.2, 0) is 0 Å². The maximum absolute atomic E-state index is 11.2. The number of aromatic amines is 1. The van der Waals surface area contributed by atoms with Crippen LogP contribution >= 0.6 is 0 Å². The van der Waals surface area contributed by atoms with Crippen molar-refractivity contribution in [3.05, 3.63) is 35.0 Å². The van der Waals surface area contributed by atoms with Crippen LogP contribution in [0.15, 0.2) is 18.3 Å². The summed E-state index contributed by atoms with van der Waals surface area (Å²) in [6.07, 6.45) is 1.42. The molecule has 0 amide bonds. The summed E-state index contributed by atoms with van der Waals surface area (Å²) < 4.78 is 5.78. The fourth-order valence-corrected chi connectivity index (χ4v) is 2.18. The topological polar surface area (TPSA) is 75.2 Å². The Morgan fingerprint density at radius 3 is 2.40 bits per heavy atom. The molecule has 0 aliphatic carbocycles. The van der Waals surface area contributed by atoms with Crippen molar-refractivity contribution < 1.29 is 14.6 Å². The highest BCUT2D eigenvalue weighted by molar-refractivity contribution is 5.94. The number of aryl methyl sites for hydroxylation is 2. The summed E-state index contributed by atoms with van der Waals surface area (Å²) in [4.78, 5) is 11.2. The third-order valence-corrected chi connectivity index (χ3v) is 2.97. The van der Waals surface area contributed by atoms with E-state index in [0.29, 0.717) is 5.69 Å². The molecule has 0 spiro atoms. The number of rotatable bonds is 4. The van der Waals surface area contributed by atoms with Gasteiger partial charge in [0.25, 0.3) is 0 Å². The predicted octanol–water partition coefficient (Wildman–Crippen LogP) is 3.18. The molecular weight excluding hydrogens is 256 g/mol. The number of carboxylic acid groups (broad SMARTS) is 1. The van der Waals surface area contributed by atoms with E-state index < -0.39 is 5.97 Å². The van der Waals surface area contributed by atoms with Gasteiger partial charge in [-0.15, -0.1) is 0 Å². The van der Waals surface area contributed by atoms with Crippen LogP contribution in [0.3, 0.4) is 0 Å². The second kappa shape index (κ2) is 5.36. The minimum absolute atomic E-state index is 0.0972. The molecule has 1 heterocycles. The lowest BCUT2D eigenvalue weighted by Gasteiger charge is -2.16. The zero-order valence-electron chi connectivity index (χ0n) is 12.0. The van der Waals surface area contributed by atoms with Crippen LogP contribution in [0.2, 0.25) is 0 Å². The molecule has 0 unspecified atom stereocenters. The second-order valence-electron chi connectivity index (χ2n) is 5.07. The van der Waals surface area contributed by atoms with E-state index in [-0.39, 0.29) is 11.7 Å². The first kappa shape index (κ1) is 14.1. The number of H-pyrrole nitrogens is 1. The normalized spacial score (nSPS) is 10.8. The average Bonchev–Trinajstić information content (AvgIpc) is 2.82. The fourth-order valence-electron chi connectivity index (χ4n) is 2.18. The van der Waals surface area contributed by atoms with Gasteiger partial charge in [-0.25, -0.2) is 4.79 Å². The molecule has 0 aliphatic rings. The second-order valence-corrected chi connectivity index (χ2v) is 5.07. The van der Waals surface area contributed by atoms with E-state index in [2.05, 4.69) is 10.2 Å². The molecule has 0 saturated carbocycles. The van der Waals surface area contributed by atoms with E-state index in [9.17, 15) is 4.79 Å². The van der Waals surface area contributed by atoms with E-state index in [1.54, 1.807) is 0 Å². The highest BCUT2D eigenvalue weighted by Crippen LogP contribution is 2.31. The van der Waals surface area contributed by atoms with Gasteiger partial charge in [0.05, 0.1) is 18.0 Å². The molecule has 0 atom stereocenters. The zero-order chi connectivity index (χ0) is 14.9. The first-order valence-corrected chi connectivity index (χ1v) is 6.45. The van der Waals surface area contributed by atoms with Crippen molar-refractivity contribution in [2.45, 2.75) is 33.8 Å². The molecule has 2 rings (SSSR count). The van der Waals surface area contributed by atoms with Gasteiger partial charge in [-0.1, -0.05) is 0 Å². The Hall–Kier alpha value is -2.30. The van der Waals surface area contributed by atoms with Gasteiger partial charge in [0.1, 0.15) is 11.3 Å². The summed E-state index contributed by atoms with van der Waals surface area (Å²) in [7, 11) is 0. The van der Waals surface area contributed by atoms with Gasteiger partial charge in [-0.2, -0.15) is 5.10 Å². The van der Waals surface area contributed by atoms with Crippen molar-refractivity contribution in [1.29, 1.82) is 0 Å². The van der Waals surface area contributed by atoms with Gasteiger partial charge >= 0.3 is 5.97 Å². The summed E-state index contributed by atoms with van der Waals surface area (Å²) in [5.74, 6) is -0.147. The van der Waals surface area contributed by atoms with Crippen LogP contribution in [0.4, 0.5) is 0 Å². The summed E-state index contributed by atoms with van der Waals surface area (Å²) >= 11 is 0. The lowest BCUT2D eigenvalue weighted by atomic mass is 10.0. The number of aromatic carboxylic acids is 1. The molecule has 1 aromatic heterocycles. The van der Waals surface area contributed by atoms with Crippen molar-refractivity contribution in [3.8, 4) is 17.0 Å². The number of hydrogen-bond donors (Lipinski definition) is 2. The summed E-state index contributed by atoms with van der Waals surface area (Å²) in [5, 5.41) is 15.7. The predicted molar refractivity (Wildman–Crippen MR) is 76.2 cm³/mol. The lowest BCUT2D eigenvalue weighted by molar-refractivity contribution is 0.0698. The van der Waals surface area contributed by atoms with Crippen molar-refractivity contribution in [1.82, 2.24) is 10.2 Å². The third kappa shape index (κ3) is 2.66. The van der Waals surface area contributed by atoms with Crippen LogP contribution in [0.1, 0.15) is 35.3 Å². The first-order chi connectivity index (χ1) is 9.40. The Bertz CT molecular complexity index is 621. The van der Waals surface area contributed by atoms with Gasteiger partial charge in [0.2, 0.25) is 0 Å². The monoisotopic (exact) mass is 274 g/mol. The largest absolute Gasteiger partial charge is 0.490 e. The van der Waals surface area contributed by atoms with E-state index in [0.717, 1.165) is 22.4 Å².